The first-order valence-electron chi connectivity index (χ1n) is 6.46. The molecule has 0 radical (unpaired) electrons. The van der Waals surface area contributed by atoms with Crippen LogP contribution in [0.2, 0.25) is 0 Å². The van der Waals surface area contributed by atoms with Crippen molar-refractivity contribution in [1.82, 2.24) is 20.3 Å². The highest BCUT2D eigenvalue weighted by molar-refractivity contribution is 6.02. The van der Waals surface area contributed by atoms with E-state index in [0.717, 1.165) is 25.9 Å². The molecule has 106 valence electrons. The highest BCUT2D eigenvalue weighted by Gasteiger charge is 2.26. The van der Waals surface area contributed by atoms with E-state index in [9.17, 15) is 9.59 Å². The molecule has 2 saturated heterocycles. The Bertz CT molecular complexity index is 540. The molecule has 2 aliphatic rings. The number of imide groups is 1. The number of nitrogens with one attached hydrogen (secondary N) is 1. The summed E-state index contributed by atoms with van der Waals surface area (Å²) in [5.74, 6) is 0.118. The van der Waals surface area contributed by atoms with Crippen LogP contribution in [0, 0.1) is 0 Å². The molecule has 0 atom stereocenters. The van der Waals surface area contributed by atoms with E-state index in [-0.39, 0.29) is 36.8 Å². The fourth-order valence-corrected chi connectivity index (χ4v) is 2.35. The molecule has 3 N–H and O–H groups in total. The van der Waals surface area contributed by atoms with Crippen molar-refractivity contribution in [2.75, 3.05) is 41.7 Å². The number of rotatable bonds is 2. The third kappa shape index (κ3) is 2.46. The Kier molecular flexibility index (Phi) is 3.09. The van der Waals surface area contributed by atoms with Gasteiger partial charge >= 0.3 is 0 Å². The molecule has 1 aromatic rings. The average Bonchev–Trinajstić information content (AvgIpc) is 2.90. The van der Waals surface area contributed by atoms with Crippen LogP contribution in [0.1, 0.15) is 12.8 Å². The lowest BCUT2D eigenvalue weighted by molar-refractivity contribution is -0.130. The van der Waals surface area contributed by atoms with Gasteiger partial charge in [0.05, 0.1) is 0 Å². The van der Waals surface area contributed by atoms with Gasteiger partial charge in [-0.15, -0.1) is 0 Å². The number of anilines is 3. The largest absolute Gasteiger partial charge is 0.368 e. The standard InChI is InChI=1S/C11H15N7O2/c12-9-14-10(17-3-1-2-4-17)16-11(15-9)18-5-7(19)13-8(20)6-18/h1-6H2,(H,13,19,20)(H2,12,14,15,16). The number of nitrogens with two attached hydrogens (primary N) is 1. The Morgan fingerprint density at radius 1 is 0.900 bits per heavy atom. The maximum Gasteiger partial charge on any atom is 0.246 e. The second-order valence-electron chi connectivity index (χ2n) is 4.82. The van der Waals surface area contributed by atoms with Crippen molar-refractivity contribution in [3.63, 3.8) is 0 Å². The van der Waals surface area contributed by atoms with Crippen molar-refractivity contribution in [1.29, 1.82) is 0 Å². The van der Waals surface area contributed by atoms with Crippen molar-refractivity contribution in [3.8, 4) is 0 Å². The molecular formula is C11H15N7O2. The van der Waals surface area contributed by atoms with E-state index in [1.54, 1.807) is 0 Å². The van der Waals surface area contributed by atoms with Crippen LogP contribution >= 0.6 is 0 Å². The van der Waals surface area contributed by atoms with Gasteiger partial charge in [0, 0.05) is 13.1 Å². The van der Waals surface area contributed by atoms with E-state index in [1.165, 1.54) is 4.90 Å². The van der Waals surface area contributed by atoms with Crippen molar-refractivity contribution in [2.45, 2.75) is 12.8 Å². The number of nitrogens with zero attached hydrogens (tertiary/aromatic N) is 5. The third-order valence-electron chi connectivity index (χ3n) is 3.25. The van der Waals surface area contributed by atoms with Gasteiger partial charge in [0.1, 0.15) is 13.1 Å². The van der Waals surface area contributed by atoms with Gasteiger partial charge in [-0.25, -0.2) is 0 Å². The first kappa shape index (κ1) is 12.6. The maximum absolute atomic E-state index is 11.4. The molecule has 3 heterocycles. The topological polar surface area (TPSA) is 117 Å². The minimum absolute atomic E-state index is 0.0363. The molecule has 0 aromatic carbocycles. The van der Waals surface area contributed by atoms with Gasteiger partial charge in [-0.3, -0.25) is 14.9 Å². The van der Waals surface area contributed by atoms with Crippen LogP contribution in [-0.4, -0.2) is 52.9 Å². The molecule has 9 heteroatoms. The molecule has 0 bridgehead atoms. The lowest BCUT2D eigenvalue weighted by atomic mass is 10.3. The van der Waals surface area contributed by atoms with Gasteiger partial charge in [0.25, 0.3) is 0 Å². The van der Waals surface area contributed by atoms with Crippen LogP contribution in [0.15, 0.2) is 0 Å². The molecule has 1 aromatic heterocycles. The first-order chi connectivity index (χ1) is 9.61. The van der Waals surface area contributed by atoms with Crippen molar-refractivity contribution >= 4 is 29.7 Å². The Morgan fingerprint density at radius 3 is 2.05 bits per heavy atom. The highest BCUT2D eigenvalue weighted by Crippen LogP contribution is 2.19. The Hall–Kier alpha value is -2.45. The number of amides is 2. The van der Waals surface area contributed by atoms with Crippen molar-refractivity contribution in [2.24, 2.45) is 0 Å². The van der Waals surface area contributed by atoms with Gasteiger partial charge < -0.3 is 15.5 Å². The molecule has 2 fully saturated rings. The molecule has 3 rings (SSSR count). The fourth-order valence-electron chi connectivity index (χ4n) is 2.35. The number of hydrogen-bond acceptors (Lipinski definition) is 8. The minimum Gasteiger partial charge on any atom is -0.368 e. The van der Waals surface area contributed by atoms with Crippen molar-refractivity contribution < 1.29 is 9.59 Å². The number of aromatic nitrogens is 3. The SMILES string of the molecule is Nc1nc(N2CCCC2)nc(N2CC(=O)NC(=O)C2)n1. The van der Waals surface area contributed by atoms with Gasteiger partial charge in [-0.1, -0.05) is 0 Å². The first-order valence-corrected chi connectivity index (χ1v) is 6.46. The Labute approximate surface area is 115 Å². The van der Waals surface area contributed by atoms with Gasteiger partial charge in [-0.2, -0.15) is 15.0 Å². The van der Waals surface area contributed by atoms with Gasteiger partial charge in [0.15, 0.2) is 0 Å². The van der Waals surface area contributed by atoms with Crippen LogP contribution in [-0.2, 0) is 9.59 Å². The number of nitrogen functional groups attached to an aromatic ring is 1. The summed E-state index contributed by atoms with van der Waals surface area (Å²) < 4.78 is 0. The maximum atomic E-state index is 11.4. The average molecular weight is 277 g/mol. The van der Waals surface area contributed by atoms with E-state index in [1.807, 2.05) is 4.90 Å². The Balaban J connectivity index is 1.88. The van der Waals surface area contributed by atoms with Gasteiger partial charge in [-0.05, 0) is 12.8 Å². The van der Waals surface area contributed by atoms with Crippen LogP contribution in [0.4, 0.5) is 17.8 Å². The summed E-state index contributed by atoms with van der Waals surface area (Å²) in [6.45, 7) is 1.83. The molecule has 0 unspecified atom stereocenters. The monoisotopic (exact) mass is 277 g/mol. The van der Waals surface area contributed by atoms with Crippen LogP contribution in [0.3, 0.4) is 0 Å². The summed E-state index contributed by atoms with van der Waals surface area (Å²) in [5.41, 5.74) is 5.70. The summed E-state index contributed by atoms with van der Waals surface area (Å²) in [6.07, 6.45) is 2.18. The van der Waals surface area contributed by atoms with E-state index < -0.39 is 0 Å². The normalized spacial score (nSPS) is 19.4. The second kappa shape index (κ2) is 4.91. The molecule has 20 heavy (non-hydrogen) atoms. The number of carbonyl (C=O) groups excluding carboxylic acids is 2. The van der Waals surface area contributed by atoms with Crippen molar-refractivity contribution in [3.05, 3.63) is 0 Å². The molecule has 0 spiro atoms. The number of hydrogen-bond donors (Lipinski definition) is 2. The quantitative estimate of drug-likeness (QED) is 0.628. The fraction of sp³-hybridized carbons (Fsp3) is 0.545. The zero-order chi connectivity index (χ0) is 14.1. The molecule has 2 aliphatic heterocycles. The predicted octanol–water partition coefficient (Wildman–Crippen LogP) is -1.48. The molecule has 2 amide bonds. The number of carbonyl (C=O) groups is 2. The third-order valence-corrected chi connectivity index (χ3v) is 3.25. The van der Waals surface area contributed by atoms with E-state index in [4.69, 9.17) is 5.73 Å². The van der Waals surface area contributed by atoms with E-state index in [2.05, 4.69) is 20.3 Å². The Morgan fingerprint density at radius 2 is 1.45 bits per heavy atom. The molecular weight excluding hydrogens is 262 g/mol. The van der Waals surface area contributed by atoms with Crippen LogP contribution in [0.25, 0.3) is 0 Å². The molecule has 9 nitrogen and oxygen atoms in total. The molecule has 0 saturated carbocycles. The summed E-state index contributed by atoms with van der Waals surface area (Å²) in [4.78, 5) is 38.8. The van der Waals surface area contributed by atoms with Gasteiger partial charge in [0.2, 0.25) is 29.7 Å². The highest BCUT2D eigenvalue weighted by atomic mass is 16.2. The molecule has 0 aliphatic carbocycles. The minimum atomic E-state index is -0.372. The van der Waals surface area contributed by atoms with E-state index >= 15 is 0 Å². The zero-order valence-electron chi connectivity index (χ0n) is 10.9. The summed E-state index contributed by atoms with van der Waals surface area (Å²) >= 11 is 0. The predicted molar refractivity (Wildman–Crippen MR) is 71.0 cm³/mol. The summed E-state index contributed by atoms with van der Waals surface area (Å²) in [7, 11) is 0. The number of piperazine rings is 1. The summed E-state index contributed by atoms with van der Waals surface area (Å²) in [5, 5.41) is 2.23. The van der Waals surface area contributed by atoms with Crippen LogP contribution < -0.4 is 20.9 Å². The zero-order valence-corrected chi connectivity index (χ0v) is 10.9. The van der Waals surface area contributed by atoms with E-state index in [0.29, 0.717) is 5.95 Å². The smallest absolute Gasteiger partial charge is 0.246 e. The summed E-state index contributed by atoms with van der Waals surface area (Å²) in [6, 6.07) is 0. The lowest BCUT2D eigenvalue weighted by Gasteiger charge is -2.26. The van der Waals surface area contributed by atoms with Crippen LogP contribution in [0.5, 0.6) is 0 Å². The lowest BCUT2D eigenvalue weighted by Crippen LogP contribution is -2.52. The second-order valence-corrected chi connectivity index (χ2v) is 4.82.